The van der Waals surface area contributed by atoms with Gasteiger partial charge in [-0.3, -0.25) is 9.88 Å². The number of rotatable bonds is 6. The van der Waals surface area contributed by atoms with E-state index in [1.165, 1.54) is 18.2 Å². The van der Waals surface area contributed by atoms with Crippen LogP contribution in [0.2, 0.25) is 0 Å². The highest BCUT2D eigenvalue weighted by atomic mass is 16.6. The lowest BCUT2D eigenvalue weighted by molar-refractivity contribution is -0.0607. The fourth-order valence-electron chi connectivity index (χ4n) is 6.70. The molecule has 2 bridgehead atoms. The molecule has 4 aromatic rings. The average Bonchev–Trinajstić information content (AvgIpc) is 2.95. The van der Waals surface area contributed by atoms with Gasteiger partial charge in [-0.2, -0.15) is 0 Å². The van der Waals surface area contributed by atoms with Gasteiger partial charge in [0.2, 0.25) is 0 Å². The molecule has 0 spiro atoms. The SMILES string of the molecule is CC[C@H]1CN2CC[C@H]1C[C@@H]2[C@H](OC(=O)N[C@H](C)c1cccc2ccccc12)c1ccnc2ccccc12. The third-order valence-electron chi connectivity index (χ3n) is 8.66. The molecule has 5 heteroatoms. The first-order chi connectivity index (χ1) is 18.1. The molecule has 37 heavy (non-hydrogen) atoms. The zero-order valence-electron chi connectivity index (χ0n) is 21.6. The topological polar surface area (TPSA) is 54.5 Å². The van der Waals surface area contributed by atoms with Crippen molar-refractivity contribution < 1.29 is 9.53 Å². The number of fused-ring (bicyclic) bond motifs is 5. The predicted octanol–water partition coefficient (Wildman–Crippen LogP) is 7.04. The number of alkyl carbamates (subject to hydrolysis) is 1. The van der Waals surface area contributed by atoms with Gasteiger partial charge in [-0.05, 0) is 66.6 Å². The molecule has 6 atom stereocenters. The molecule has 7 rings (SSSR count). The van der Waals surface area contributed by atoms with E-state index in [4.69, 9.17) is 4.74 Å². The number of para-hydroxylation sites is 1. The third kappa shape index (κ3) is 4.57. The van der Waals surface area contributed by atoms with Crippen molar-refractivity contribution in [2.45, 2.75) is 51.3 Å². The van der Waals surface area contributed by atoms with E-state index in [1.54, 1.807) is 0 Å². The van der Waals surface area contributed by atoms with Crippen LogP contribution in [-0.4, -0.2) is 35.1 Å². The second-order valence-electron chi connectivity index (χ2n) is 10.7. The summed E-state index contributed by atoms with van der Waals surface area (Å²) in [6, 6.07) is 24.7. The Labute approximate surface area is 218 Å². The molecule has 0 saturated carbocycles. The number of carbonyl (C=O) groups is 1. The molecule has 0 radical (unpaired) electrons. The summed E-state index contributed by atoms with van der Waals surface area (Å²) in [5, 5.41) is 6.51. The monoisotopic (exact) mass is 493 g/mol. The van der Waals surface area contributed by atoms with Crippen LogP contribution >= 0.6 is 0 Å². The fourth-order valence-corrected chi connectivity index (χ4v) is 6.70. The Morgan fingerprint density at radius 3 is 2.62 bits per heavy atom. The Morgan fingerprint density at radius 1 is 1.03 bits per heavy atom. The molecule has 3 aromatic carbocycles. The first-order valence-corrected chi connectivity index (χ1v) is 13.6. The summed E-state index contributed by atoms with van der Waals surface area (Å²) < 4.78 is 6.39. The van der Waals surface area contributed by atoms with Gasteiger partial charge in [0.25, 0.3) is 0 Å². The second kappa shape index (κ2) is 10.1. The van der Waals surface area contributed by atoms with Crippen molar-refractivity contribution >= 4 is 27.8 Å². The molecule has 190 valence electrons. The standard InChI is InChI=1S/C32H35N3O2/c1-3-22-20-35-18-16-24(22)19-30(35)31(28-15-17-33-29-14-7-6-12-27(28)29)37-32(36)34-21(2)25-13-8-10-23-9-4-5-11-26(23)25/h4-15,17,21-22,24,30-31H,3,16,18-20H2,1-2H3,(H,34,36)/t21-,22+,24+,30-,31-/m1/s1. The summed E-state index contributed by atoms with van der Waals surface area (Å²) >= 11 is 0. The molecule has 1 amide bonds. The largest absolute Gasteiger partial charge is 0.440 e. The quantitative estimate of drug-likeness (QED) is 0.313. The van der Waals surface area contributed by atoms with Crippen LogP contribution in [0.4, 0.5) is 4.79 Å². The maximum absolute atomic E-state index is 13.5. The number of carbonyl (C=O) groups excluding carboxylic acids is 1. The summed E-state index contributed by atoms with van der Waals surface area (Å²) in [6.45, 7) is 6.48. The van der Waals surface area contributed by atoms with Crippen molar-refractivity contribution in [3.8, 4) is 0 Å². The molecule has 1 aromatic heterocycles. The number of nitrogens with one attached hydrogen (secondary N) is 1. The van der Waals surface area contributed by atoms with Crippen LogP contribution in [-0.2, 0) is 4.74 Å². The minimum atomic E-state index is -0.374. The van der Waals surface area contributed by atoms with E-state index in [1.807, 2.05) is 55.6 Å². The molecular weight excluding hydrogens is 458 g/mol. The summed E-state index contributed by atoms with van der Waals surface area (Å²) in [7, 11) is 0. The van der Waals surface area contributed by atoms with Crippen molar-refractivity contribution in [2.75, 3.05) is 13.1 Å². The molecule has 5 nitrogen and oxygen atoms in total. The molecule has 1 N–H and O–H groups in total. The van der Waals surface area contributed by atoms with Crippen LogP contribution in [0.25, 0.3) is 21.7 Å². The molecule has 1 unspecified atom stereocenters. The number of hydrogen-bond acceptors (Lipinski definition) is 4. The van der Waals surface area contributed by atoms with Gasteiger partial charge in [-0.15, -0.1) is 0 Å². The van der Waals surface area contributed by atoms with Gasteiger partial charge >= 0.3 is 6.09 Å². The first-order valence-electron chi connectivity index (χ1n) is 13.6. The number of ether oxygens (including phenoxy) is 1. The van der Waals surface area contributed by atoms with Crippen LogP contribution in [0.15, 0.2) is 79.0 Å². The maximum atomic E-state index is 13.5. The molecule has 4 heterocycles. The number of nitrogens with zero attached hydrogens (tertiary/aromatic N) is 2. The van der Waals surface area contributed by atoms with Crippen LogP contribution in [0.5, 0.6) is 0 Å². The van der Waals surface area contributed by atoms with Gasteiger partial charge in [0, 0.05) is 23.7 Å². The highest BCUT2D eigenvalue weighted by Gasteiger charge is 2.44. The van der Waals surface area contributed by atoms with Crippen molar-refractivity contribution in [2.24, 2.45) is 11.8 Å². The van der Waals surface area contributed by atoms with Crippen molar-refractivity contribution in [1.29, 1.82) is 0 Å². The van der Waals surface area contributed by atoms with E-state index >= 15 is 0 Å². The van der Waals surface area contributed by atoms with Crippen LogP contribution in [0.1, 0.15) is 56.4 Å². The number of hydrogen-bond donors (Lipinski definition) is 1. The Morgan fingerprint density at radius 2 is 1.81 bits per heavy atom. The van der Waals surface area contributed by atoms with E-state index in [2.05, 4.69) is 52.5 Å². The molecule has 3 aliphatic heterocycles. The van der Waals surface area contributed by atoms with Gasteiger partial charge in [-0.1, -0.05) is 74.0 Å². The highest BCUT2D eigenvalue weighted by molar-refractivity contribution is 5.86. The van der Waals surface area contributed by atoms with Crippen LogP contribution < -0.4 is 5.32 Å². The number of amides is 1. The minimum absolute atomic E-state index is 0.172. The molecular formula is C32H35N3O2. The van der Waals surface area contributed by atoms with Crippen LogP contribution in [0.3, 0.4) is 0 Å². The van der Waals surface area contributed by atoms with E-state index in [0.29, 0.717) is 5.92 Å². The normalized spacial score (nSPS) is 24.6. The molecule has 0 aliphatic carbocycles. The zero-order chi connectivity index (χ0) is 25.4. The second-order valence-corrected chi connectivity index (χ2v) is 10.7. The van der Waals surface area contributed by atoms with Gasteiger partial charge < -0.3 is 10.1 Å². The number of pyridine rings is 1. The Kier molecular flexibility index (Phi) is 6.56. The summed E-state index contributed by atoms with van der Waals surface area (Å²) in [4.78, 5) is 20.6. The smallest absolute Gasteiger partial charge is 0.408 e. The summed E-state index contributed by atoms with van der Waals surface area (Å²) in [5.41, 5.74) is 3.07. The minimum Gasteiger partial charge on any atom is -0.440 e. The Hall–Kier alpha value is -3.44. The highest BCUT2D eigenvalue weighted by Crippen LogP contribution is 2.44. The predicted molar refractivity (Wildman–Crippen MR) is 148 cm³/mol. The Bertz CT molecular complexity index is 1410. The molecule has 3 aliphatic rings. The van der Waals surface area contributed by atoms with Crippen molar-refractivity contribution in [3.63, 3.8) is 0 Å². The lowest BCUT2D eigenvalue weighted by Crippen LogP contribution is -2.56. The Balaban J connectivity index is 1.30. The van der Waals surface area contributed by atoms with E-state index in [9.17, 15) is 4.79 Å². The third-order valence-corrected chi connectivity index (χ3v) is 8.66. The van der Waals surface area contributed by atoms with E-state index in [-0.39, 0.29) is 24.3 Å². The van der Waals surface area contributed by atoms with Crippen molar-refractivity contribution in [1.82, 2.24) is 15.2 Å². The molecule has 3 saturated heterocycles. The maximum Gasteiger partial charge on any atom is 0.408 e. The summed E-state index contributed by atoms with van der Waals surface area (Å²) in [6.07, 6.45) is 4.63. The van der Waals surface area contributed by atoms with Gasteiger partial charge in [0.05, 0.1) is 17.6 Å². The van der Waals surface area contributed by atoms with Crippen LogP contribution in [0, 0.1) is 11.8 Å². The fraction of sp³-hybridized carbons (Fsp3) is 0.375. The lowest BCUT2D eigenvalue weighted by atomic mass is 9.72. The molecule has 3 fully saturated rings. The van der Waals surface area contributed by atoms with Crippen molar-refractivity contribution in [3.05, 3.63) is 90.1 Å². The number of aromatic nitrogens is 1. The lowest BCUT2D eigenvalue weighted by Gasteiger charge is -2.51. The van der Waals surface area contributed by atoms with Gasteiger partial charge in [0.15, 0.2) is 0 Å². The first kappa shape index (κ1) is 23.9. The average molecular weight is 494 g/mol. The summed E-state index contributed by atoms with van der Waals surface area (Å²) in [5.74, 6) is 1.43. The van der Waals surface area contributed by atoms with E-state index < -0.39 is 0 Å². The zero-order valence-corrected chi connectivity index (χ0v) is 21.6. The van der Waals surface area contributed by atoms with Gasteiger partial charge in [-0.25, -0.2) is 4.79 Å². The number of benzene rings is 3. The van der Waals surface area contributed by atoms with Gasteiger partial charge in [0.1, 0.15) is 6.10 Å². The number of piperidine rings is 3. The van der Waals surface area contributed by atoms with E-state index in [0.717, 1.165) is 52.8 Å².